The molecule has 524 valence electrons. The fourth-order valence-corrected chi connectivity index (χ4v) is 16.7. The largest absolute Gasteiger partial charge is 0.309 e. The lowest BCUT2D eigenvalue weighted by Crippen LogP contribution is -1.98. The van der Waals surface area contributed by atoms with Gasteiger partial charge in [-0.25, -0.2) is 24.9 Å². The van der Waals surface area contributed by atoms with Crippen molar-refractivity contribution in [1.82, 2.24) is 43.2 Å². The van der Waals surface area contributed by atoms with E-state index in [1.54, 1.807) is 0 Å². The highest BCUT2D eigenvalue weighted by molar-refractivity contribution is 6.19. The molecule has 0 saturated heterocycles. The third kappa shape index (κ3) is 11.4. The van der Waals surface area contributed by atoms with Crippen LogP contribution in [0.5, 0.6) is 0 Å². The molecule has 9 nitrogen and oxygen atoms in total. The zero-order valence-corrected chi connectivity index (χ0v) is 60.7. The zero-order chi connectivity index (χ0) is 74.0. The number of para-hydroxylation sites is 4. The molecule has 0 atom stereocenters. The summed E-state index contributed by atoms with van der Waals surface area (Å²) in [7, 11) is 0. The first kappa shape index (κ1) is 65.1. The number of pyridine rings is 3. The van der Waals surface area contributed by atoms with Crippen molar-refractivity contribution in [3.8, 4) is 113 Å². The molecule has 0 aliphatic rings. The molecule has 0 fully saturated rings. The molecule has 9 heteroatoms. The first-order valence-corrected chi connectivity index (χ1v) is 37.9. The highest BCUT2D eigenvalue weighted by Crippen LogP contribution is 2.45. The summed E-state index contributed by atoms with van der Waals surface area (Å²) >= 11 is 0. The Morgan fingerprint density at radius 1 is 0.179 bits per heavy atom. The van der Waals surface area contributed by atoms with Crippen molar-refractivity contribution in [2.75, 3.05) is 0 Å². The topological polar surface area (TPSA) is 84.2 Å². The van der Waals surface area contributed by atoms with Gasteiger partial charge in [0.05, 0.1) is 55.9 Å². The van der Waals surface area contributed by atoms with Crippen LogP contribution in [0.15, 0.2) is 407 Å². The standard InChI is InChI=1S/C52H34N4.C51H33N5/c1-4-15-35(16-5-1)46-33-39(34-47(54-46)36-17-6-2-7-18-36)37-19-12-22-41(31-37)55-48-26-11-10-23-44(48)51-42(24-13-27-50(51)55)38-28-29-49-45(32-38)43-25-14-30-53-52(43)56(49)40-20-8-3-9-21-40;1-4-15-34(16-5-1)44-33-45(35-17-6-2-7-18-35)54-50(53-44)37-19-12-22-39(31-37)55-46-26-11-10-23-42(46)49-40(24-13-27-48(49)55)36-28-29-47-43(32-36)41-25-14-30-52-51(41)56(47)38-20-8-3-9-21-38/h1-34H;1-33H. The van der Waals surface area contributed by atoms with Crippen LogP contribution in [0.1, 0.15) is 0 Å². The van der Waals surface area contributed by atoms with Crippen molar-refractivity contribution >= 4 is 87.5 Å². The van der Waals surface area contributed by atoms with Gasteiger partial charge in [-0.1, -0.05) is 255 Å². The molecule has 0 bridgehead atoms. The molecule has 0 amide bonds. The summed E-state index contributed by atoms with van der Waals surface area (Å²) in [6.45, 7) is 0. The Labute approximate surface area is 645 Å². The van der Waals surface area contributed by atoms with E-state index in [9.17, 15) is 0 Å². The Morgan fingerprint density at radius 2 is 0.518 bits per heavy atom. The molecule has 0 aliphatic heterocycles. The predicted molar refractivity (Wildman–Crippen MR) is 463 cm³/mol. The van der Waals surface area contributed by atoms with Crippen LogP contribution in [-0.2, 0) is 0 Å². The van der Waals surface area contributed by atoms with Gasteiger partial charge < -0.3 is 9.13 Å². The quantitative estimate of drug-likeness (QED) is 0.122. The molecule has 112 heavy (non-hydrogen) atoms. The highest BCUT2D eigenvalue weighted by atomic mass is 15.1. The molecule has 8 aromatic heterocycles. The third-order valence-electron chi connectivity index (χ3n) is 21.7. The summed E-state index contributed by atoms with van der Waals surface area (Å²) in [5, 5.41) is 9.51. The van der Waals surface area contributed by atoms with Crippen molar-refractivity contribution in [3.63, 3.8) is 0 Å². The highest BCUT2D eigenvalue weighted by Gasteiger charge is 2.23. The number of fused-ring (bicyclic) bond motifs is 12. The van der Waals surface area contributed by atoms with Crippen LogP contribution in [-0.4, -0.2) is 43.2 Å². The Bertz CT molecular complexity index is 6790. The van der Waals surface area contributed by atoms with E-state index >= 15 is 0 Å². The second-order valence-corrected chi connectivity index (χ2v) is 28.3. The van der Waals surface area contributed by atoms with E-state index in [0.29, 0.717) is 5.82 Å². The average molecular weight is 1430 g/mol. The number of hydrogen-bond acceptors (Lipinski definition) is 5. The second-order valence-electron chi connectivity index (χ2n) is 28.3. The number of nitrogens with zero attached hydrogens (tertiary/aromatic N) is 9. The molecule has 0 unspecified atom stereocenters. The van der Waals surface area contributed by atoms with E-state index < -0.39 is 0 Å². The van der Waals surface area contributed by atoms with Crippen molar-refractivity contribution in [2.24, 2.45) is 0 Å². The van der Waals surface area contributed by atoms with Gasteiger partial charge in [0.15, 0.2) is 5.82 Å². The lowest BCUT2D eigenvalue weighted by atomic mass is 9.98. The summed E-state index contributed by atoms with van der Waals surface area (Å²) in [5.41, 5.74) is 29.1. The number of aromatic nitrogens is 9. The normalized spacial score (nSPS) is 11.6. The molecular formula is C103H67N9. The van der Waals surface area contributed by atoms with Crippen molar-refractivity contribution in [3.05, 3.63) is 407 Å². The summed E-state index contributed by atoms with van der Waals surface area (Å²) in [6, 6.07) is 140. The number of benzene rings is 14. The molecule has 0 radical (unpaired) electrons. The fraction of sp³-hybridized carbons (Fsp3) is 0. The minimum atomic E-state index is 0.686. The number of rotatable bonds is 12. The maximum absolute atomic E-state index is 5.14. The lowest BCUT2D eigenvalue weighted by Gasteiger charge is -2.13. The van der Waals surface area contributed by atoms with Crippen LogP contribution < -0.4 is 0 Å². The maximum atomic E-state index is 5.14. The van der Waals surface area contributed by atoms with E-state index in [-0.39, 0.29) is 0 Å². The predicted octanol–water partition coefficient (Wildman–Crippen LogP) is 26.1. The second kappa shape index (κ2) is 27.5. The van der Waals surface area contributed by atoms with Crippen molar-refractivity contribution < 1.29 is 0 Å². The molecule has 22 rings (SSSR count). The monoisotopic (exact) mass is 1430 g/mol. The summed E-state index contributed by atoms with van der Waals surface area (Å²) in [4.78, 5) is 25.1. The van der Waals surface area contributed by atoms with Crippen LogP contribution in [0.25, 0.3) is 200 Å². The fourth-order valence-electron chi connectivity index (χ4n) is 16.7. The molecule has 14 aromatic carbocycles. The molecule has 0 saturated carbocycles. The molecule has 0 spiro atoms. The Morgan fingerprint density at radius 3 is 0.964 bits per heavy atom. The first-order valence-electron chi connectivity index (χ1n) is 37.9. The summed E-state index contributed by atoms with van der Waals surface area (Å²) < 4.78 is 9.32. The molecular weight excluding hydrogens is 1360 g/mol. The minimum Gasteiger partial charge on any atom is -0.309 e. The third-order valence-corrected chi connectivity index (χ3v) is 21.7. The van der Waals surface area contributed by atoms with Gasteiger partial charge in [0.25, 0.3) is 0 Å². The smallest absolute Gasteiger partial charge is 0.160 e. The van der Waals surface area contributed by atoms with E-state index in [2.05, 4.69) is 376 Å². The molecule has 0 N–H and O–H groups in total. The van der Waals surface area contributed by atoms with Crippen LogP contribution in [0.2, 0.25) is 0 Å². The summed E-state index contributed by atoms with van der Waals surface area (Å²) in [5.74, 6) is 0.686. The lowest BCUT2D eigenvalue weighted by molar-refractivity contribution is 1.14. The van der Waals surface area contributed by atoms with E-state index in [1.807, 2.05) is 48.8 Å². The van der Waals surface area contributed by atoms with Gasteiger partial charge in [-0.3, -0.25) is 9.13 Å². The van der Waals surface area contributed by atoms with Gasteiger partial charge in [0.1, 0.15) is 11.3 Å². The SMILES string of the molecule is c1ccc(-c2cc(-c3cccc(-n4c5ccccc5c5c(-c6ccc7c(c6)c6cccnc6n7-c6ccccc6)cccc54)c3)cc(-c3ccccc3)n2)cc1.c1ccc(-c2cc(-c3ccccc3)nc(-c3cccc(-n4c5ccccc5c5c(-c6ccc7c(c6)c6cccnc6n7-c6ccccc6)cccc54)c3)n2)cc1. The molecule has 8 heterocycles. The summed E-state index contributed by atoms with van der Waals surface area (Å²) in [6.07, 6.45) is 3.76. The van der Waals surface area contributed by atoms with Crippen LogP contribution in [0, 0.1) is 0 Å². The van der Waals surface area contributed by atoms with Gasteiger partial charge in [-0.2, -0.15) is 0 Å². The Kier molecular flexibility index (Phi) is 16.0. The zero-order valence-electron chi connectivity index (χ0n) is 60.7. The maximum Gasteiger partial charge on any atom is 0.160 e. The van der Waals surface area contributed by atoms with Gasteiger partial charge >= 0.3 is 0 Å². The van der Waals surface area contributed by atoms with E-state index in [4.69, 9.17) is 24.9 Å². The first-order chi connectivity index (χ1) is 55.6. The van der Waals surface area contributed by atoms with Crippen LogP contribution in [0.4, 0.5) is 0 Å². The van der Waals surface area contributed by atoms with Crippen LogP contribution >= 0.6 is 0 Å². The van der Waals surface area contributed by atoms with Gasteiger partial charge in [-0.15, -0.1) is 0 Å². The van der Waals surface area contributed by atoms with Gasteiger partial charge in [-0.05, 0) is 173 Å². The van der Waals surface area contributed by atoms with Gasteiger partial charge in [0, 0.05) is 106 Å². The Hall–Kier alpha value is -15.2. The molecule has 22 aromatic rings. The van der Waals surface area contributed by atoms with E-state index in [1.165, 1.54) is 60.0 Å². The van der Waals surface area contributed by atoms with Crippen molar-refractivity contribution in [2.45, 2.75) is 0 Å². The Balaban J connectivity index is 0.000000141. The van der Waals surface area contributed by atoms with Crippen molar-refractivity contribution in [1.29, 1.82) is 0 Å². The molecule has 0 aliphatic carbocycles. The van der Waals surface area contributed by atoms with Gasteiger partial charge in [0.2, 0.25) is 0 Å². The van der Waals surface area contributed by atoms with Crippen LogP contribution in [0.3, 0.4) is 0 Å². The number of hydrogen-bond donors (Lipinski definition) is 0. The minimum absolute atomic E-state index is 0.686. The van der Waals surface area contributed by atoms with E-state index in [0.717, 1.165) is 134 Å². The average Bonchev–Trinajstić information content (AvgIpc) is 1.57.